The summed E-state index contributed by atoms with van der Waals surface area (Å²) in [6.07, 6.45) is 3.48. The Balaban J connectivity index is 2.57. The summed E-state index contributed by atoms with van der Waals surface area (Å²) in [5.41, 5.74) is 5.60. The summed E-state index contributed by atoms with van der Waals surface area (Å²) in [6.45, 7) is 1.88. The first-order valence-electron chi connectivity index (χ1n) is 3.97. The van der Waals surface area contributed by atoms with Crippen LogP contribution in [0.4, 0.5) is 5.82 Å². The molecule has 2 heterocycles. The van der Waals surface area contributed by atoms with Crippen LogP contribution in [-0.2, 0) is 0 Å². The minimum absolute atomic E-state index is 0.426. The number of aromatic nitrogens is 4. The Morgan fingerprint density at radius 3 is 2.79 bits per heavy atom. The van der Waals surface area contributed by atoms with Crippen molar-refractivity contribution in [3.63, 3.8) is 0 Å². The molecule has 0 saturated carbocycles. The van der Waals surface area contributed by atoms with Gasteiger partial charge in [0.05, 0.1) is 0 Å². The molecule has 6 heteroatoms. The summed E-state index contributed by atoms with van der Waals surface area (Å²) in [5.74, 6) is 1.77. The lowest BCUT2D eigenvalue weighted by atomic mass is 10.6. The van der Waals surface area contributed by atoms with Gasteiger partial charge in [0.25, 0.3) is 0 Å². The summed E-state index contributed by atoms with van der Waals surface area (Å²) in [4.78, 5) is 12.4. The monoisotopic (exact) mass is 253 g/mol. The Bertz CT molecular complexity index is 444. The Hall–Kier alpha value is -1.43. The predicted molar refractivity (Wildman–Crippen MR) is 56.0 cm³/mol. The molecule has 0 aromatic carbocycles. The highest BCUT2D eigenvalue weighted by atomic mass is 79.9. The van der Waals surface area contributed by atoms with E-state index in [9.17, 15) is 0 Å². The van der Waals surface area contributed by atoms with E-state index < -0.39 is 0 Å². The maximum absolute atomic E-state index is 5.60. The van der Waals surface area contributed by atoms with Gasteiger partial charge in [-0.2, -0.15) is 4.98 Å². The van der Waals surface area contributed by atoms with Crippen LogP contribution < -0.4 is 5.73 Å². The summed E-state index contributed by atoms with van der Waals surface area (Å²) in [7, 11) is 0. The Kier molecular flexibility index (Phi) is 2.20. The highest BCUT2D eigenvalue weighted by Crippen LogP contribution is 2.13. The first-order chi connectivity index (χ1) is 6.66. The molecule has 0 aliphatic carbocycles. The van der Waals surface area contributed by atoms with Crippen LogP contribution in [0.1, 0.15) is 5.82 Å². The average Bonchev–Trinajstić information content (AvgIpc) is 2.49. The van der Waals surface area contributed by atoms with Gasteiger partial charge in [-0.15, -0.1) is 0 Å². The van der Waals surface area contributed by atoms with Crippen molar-refractivity contribution >= 4 is 21.7 Å². The number of halogens is 1. The van der Waals surface area contributed by atoms with Gasteiger partial charge < -0.3 is 5.73 Å². The molecule has 0 bridgehead atoms. The topological polar surface area (TPSA) is 69.6 Å². The SMILES string of the molecule is Cc1nccn1-c1nc(N)cc(Br)n1. The third-order valence-electron chi connectivity index (χ3n) is 1.74. The highest BCUT2D eigenvalue weighted by molar-refractivity contribution is 9.10. The molecule has 0 unspecified atom stereocenters. The van der Waals surface area contributed by atoms with Crippen molar-refractivity contribution in [2.75, 3.05) is 5.73 Å². The second-order valence-electron chi connectivity index (χ2n) is 2.76. The van der Waals surface area contributed by atoms with Crippen LogP contribution in [0, 0.1) is 6.92 Å². The zero-order chi connectivity index (χ0) is 10.1. The summed E-state index contributed by atoms with van der Waals surface area (Å²) >= 11 is 3.26. The predicted octanol–water partition coefficient (Wildman–Crippen LogP) is 1.32. The van der Waals surface area contributed by atoms with Gasteiger partial charge in [0.2, 0.25) is 5.95 Å². The molecule has 0 radical (unpaired) electrons. The average molecular weight is 254 g/mol. The first kappa shape index (κ1) is 9.14. The molecule has 0 amide bonds. The number of rotatable bonds is 1. The van der Waals surface area contributed by atoms with E-state index in [1.165, 1.54) is 0 Å². The third-order valence-corrected chi connectivity index (χ3v) is 2.15. The van der Waals surface area contributed by atoms with Gasteiger partial charge in [-0.3, -0.25) is 4.57 Å². The maximum atomic E-state index is 5.60. The zero-order valence-electron chi connectivity index (χ0n) is 7.48. The van der Waals surface area contributed by atoms with Gasteiger partial charge in [-0.05, 0) is 22.9 Å². The van der Waals surface area contributed by atoms with Crippen molar-refractivity contribution in [1.29, 1.82) is 0 Å². The maximum Gasteiger partial charge on any atom is 0.238 e. The summed E-state index contributed by atoms with van der Waals surface area (Å²) < 4.78 is 2.43. The van der Waals surface area contributed by atoms with Crippen molar-refractivity contribution in [3.05, 3.63) is 28.9 Å². The first-order valence-corrected chi connectivity index (χ1v) is 4.76. The van der Waals surface area contributed by atoms with Crippen molar-refractivity contribution in [1.82, 2.24) is 19.5 Å². The van der Waals surface area contributed by atoms with E-state index in [0.717, 1.165) is 5.82 Å². The van der Waals surface area contributed by atoms with Crippen LogP contribution in [0.15, 0.2) is 23.1 Å². The van der Waals surface area contributed by atoms with Crippen LogP contribution in [0.5, 0.6) is 0 Å². The third kappa shape index (κ3) is 1.60. The molecule has 72 valence electrons. The fraction of sp³-hybridized carbons (Fsp3) is 0.125. The zero-order valence-corrected chi connectivity index (χ0v) is 9.06. The number of aryl methyl sites for hydroxylation is 1. The minimum Gasteiger partial charge on any atom is -0.383 e. The lowest BCUT2D eigenvalue weighted by Crippen LogP contribution is -2.04. The van der Waals surface area contributed by atoms with E-state index in [-0.39, 0.29) is 0 Å². The second kappa shape index (κ2) is 3.38. The van der Waals surface area contributed by atoms with Gasteiger partial charge >= 0.3 is 0 Å². The summed E-state index contributed by atoms with van der Waals surface area (Å²) in [5, 5.41) is 0. The molecule has 0 spiro atoms. The molecule has 0 atom stereocenters. The number of nitrogens with two attached hydrogens (primary N) is 1. The number of nitrogen functional groups attached to an aromatic ring is 1. The van der Waals surface area contributed by atoms with Crippen molar-refractivity contribution in [2.45, 2.75) is 6.92 Å². The van der Waals surface area contributed by atoms with E-state index in [1.54, 1.807) is 23.0 Å². The Morgan fingerprint density at radius 1 is 1.43 bits per heavy atom. The van der Waals surface area contributed by atoms with E-state index in [2.05, 4.69) is 30.9 Å². The Morgan fingerprint density at radius 2 is 2.21 bits per heavy atom. The molecule has 2 N–H and O–H groups in total. The molecular formula is C8H8BrN5. The number of hydrogen-bond acceptors (Lipinski definition) is 4. The molecule has 0 aliphatic heterocycles. The van der Waals surface area contributed by atoms with E-state index in [4.69, 9.17) is 5.73 Å². The second-order valence-corrected chi connectivity index (χ2v) is 3.57. The van der Waals surface area contributed by atoms with Crippen molar-refractivity contribution < 1.29 is 0 Å². The molecular weight excluding hydrogens is 246 g/mol. The van der Waals surface area contributed by atoms with Gasteiger partial charge in [0.1, 0.15) is 16.2 Å². The minimum atomic E-state index is 0.426. The molecule has 0 saturated heterocycles. The van der Waals surface area contributed by atoms with Gasteiger partial charge in [0, 0.05) is 18.5 Å². The lowest BCUT2D eigenvalue weighted by Gasteiger charge is -2.03. The Labute approximate surface area is 89.1 Å². The van der Waals surface area contributed by atoms with Crippen LogP contribution in [0.25, 0.3) is 5.95 Å². The standard InChI is InChI=1S/C8H8BrN5/c1-5-11-2-3-14(5)8-12-6(9)4-7(10)13-8/h2-4H,1H3,(H2,10,12,13). The highest BCUT2D eigenvalue weighted by Gasteiger charge is 2.05. The van der Waals surface area contributed by atoms with E-state index in [0.29, 0.717) is 16.4 Å². The summed E-state index contributed by atoms with van der Waals surface area (Å²) in [6, 6.07) is 1.65. The molecule has 2 aromatic rings. The number of nitrogens with zero attached hydrogens (tertiary/aromatic N) is 4. The molecule has 2 rings (SSSR count). The van der Waals surface area contributed by atoms with Crippen LogP contribution >= 0.6 is 15.9 Å². The van der Waals surface area contributed by atoms with Crippen LogP contribution in [0.2, 0.25) is 0 Å². The quantitative estimate of drug-likeness (QED) is 0.779. The molecule has 0 fully saturated rings. The van der Waals surface area contributed by atoms with Gasteiger partial charge in [-0.1, -0.05) is 0 Å². The lowest BCUT2D eigenvalue weighted by molar-refractivity contribution is 0.880. The van der Waals surface area contributed by atoms with Crippen molar-refractivity contribution in [2.24, 2.45) is 0 Å². The molecule has 0 aliphatic rings. The fourth-order valence-corrected chi connectivity index (χ4v) is 1.51. The van der Waals surface area contributed by atoms with Crippen LogP contribution in [-0.4, -0.2) is 19.5 Å². The van der Waals surface area contributed by atoms with Crippen LogP contribution in [0.3, 0.4) is 0 Å². The van der Waals surface area contributed by atoms with Gasteiger partial charge in [0.15, 0.2) is 0 Å². The van der Waals surface area contributed by atoms with E-state index >= 15 is 0 Å². The number of imidazole rings is 1. The number of hydrogen-bond donors (Lipinski definition) is 1. The van der Waals surface area contributed by atoms with Crippen molar-refractivity contribution in [3.8, 4) is 5.95 Å². The van der Waals surface area contributed by atoms with Gasteiger partial charge in [-0.25, -0.2) is 9.97 Å². The number of anilines is 1. The largest absolute Gasteiger partial charge is 0.383 e. The smallest absolute Gasteiger partial charge is 0.238 e. The van der Waals surface area contributed by atoms with E-state index in [1.807, 2.05) is 6.92 Å². The normalized spacial score (nSPS) is 10.4. The molecule has 2 aromatic heterocycles. The fourth-order valence-electron chi connectivity index (χ4n) is 1.12. The molecule has 5 nitrogen and oxygen atoms in total. The molecule has 14 heavy (non-hydrogen) atoms.